The maximum atomic E-state index is 12.5. The molecule has 1 aromatic heterocycles. The van der Waals surface area contributed by atoms with Crippen LogP contribution in [-0.2, 0) is 16.6 Å². The van der Waals surface area contributed by atoms with Crippen molar-refractivity contribution >= 4 is 26.0 Å². The van der Waals surface area contributed by atoms with Gasteiger partial charge in [-0.2, -0.15) is 0 Å². The van der Waals surface area contributed by atoms with Crippen LogP contribution >= 0.6 is 15.9 Å². The molecule has 0 saturated heterocycles. The van der Waals surface area contributed by atoms with E-state index in [4.69, 9.17) is 4.74 Å². The van der Waals surface area contributed by atoms with Crippen LogP contribution in [0.5, 0.6) is 5.75 Å². The summed E-state index contributed by atoms with van der Waals surface area (Å²) < 4.78 is 34.9. The van der Waals surface area contributed by atoms with Gasteiger partial charge in [-0.25, -0.2) is 18.1 Å². The van der Waals surface area contributed by atoms with E-state index in [2.05, 4.69) is 25.6 Å². The lowest BCUT2D eigenvalue weighted by molar-refractivity contribution is 0.331. The van der Waals surface area contributed by atoms with Crippen molar-refractivity contribution in [3.8, 4) is 5.75 Å². The van der Waals surface area contributed by atoms with Gasteiger partial charge in [0.15, 0.2) is 0 Å². The number of nitrogens with zero attached hydrogens (tertiary/aromatic N) is 2. The second-order valence-electron chi connectivity index (χ2n) is 5.00. The summed E-state index contributed by atoms with van der Waals surface area (Å²) >= 11 is 3.26. The molecule has 7 nitrogen and oxygen atoms in total. The van der Waals surface area contributed by atoms with Crippen LogP contribution in [0.4, 0.5) is 0 Å². The van der Waals surface area contributed by atoms with Crippen LogP contribution in [-0.4, -0.2) is 31.1 Å². The second-order valence-corrected chi connectivity index (χ2v) is 7.65. The van der Waals surface area contributed by atoms with Gasteiger partial charge < -0.3 is 4.74 Å². The summed E-state index contributed by atoms with van der Waals surface area (Å²) in [5, 5.41) is 0. The minimum Gasteiger partial charge on any atom is -0.492 e. The van der Waals surface area contributed by atoms with Gasteiger partial charge >= 0.3 is 0 Å². The minimum atomic E-state index is -3.77. The Morgan fingerprint density at radius 2 is 2.12 bits per heavy atom. The molecule has 0 aliphatic rings. The fourth-order valence-corrected chi connectivity index (χ4v) is 3.77. The molecule has 0 saturated carbocycles. The molecule has 0 radical (unpaired) electrons. The van der Waals surface area contributed by atoms with Crippen LogP contribution in [0.1, 0.15) is 12.5 Å². The number of nitrogens with one attached hydrogen (secondary N) is 1. The summed E-state index contributed by atoms with van der Waals surface area (Å²) in [5.41, 5.74) is 0.313. The van der Waals surface area contributed by atoms with Gasteiger partial charge in [0, 0.05) is 29.3 Å². The fourth-order valence-electron chi connectivity index (χ4n) is 2.06. The average Bonchev–Trinajstić information content (AvgIpc) is 2.53. The van der Waals surface area contributed by atoms with Crippen LogP contribution in [0, 0.1) is 6.92 Å². The second kappa shape index (κ2) is 7.91. The smallest absolute Gasteiger partial charge is 0.256 e. The van der Waals surface area contributed by atoms with E-state index in [0.717, 1.165) is 0 Å². The molecule has 0 aliphatic carbocycles. The Morgan fingerprint density at radius 1 is 1.38 bits per heavy atom. The van der Waals surface area contributed by atoms with Crippen molar-refractivity contribution in [2.75, 3.05) is 13.2 Å². The third-order valence-electron chi connectivity index (χ3n) is 3.21. The van der Waals surface area contributed by atoms with Crippen molar-refractivity contribution in [3.05, 3.63) is 51.1 Å². The van der Waals surface area contributed by atoms with Gasteiger partial charge in [-0.3, -0.25) is 9.36 Å². The van der Waals surface area contributed by atoms with Gasteiger partial charge in [-0.05, 0) is 32.0 Å². The summed E-state index contributed by atoms with van der Waals surface area (Å²) in [6.45, 7) is 4.04. The van der Waals surface area contributed by atoms with E-state index in [1.165, 1.54) is 23.2 Å². The maximum absolute atomic E-state index is 12.5. The number of sulfonamides is 1. The maximum Gasteiger partial charge on any atom is 0.256 e. The topological polar surface area (TPSA) is 90.3 Å². The largest absolute Gasteiger partial charge is 0.492 e. The third-order valence-corrected chi connectivity index (χ3v) is 5.19. The Labute approximate surface area is 148 Å². The molecule has 0 bridgehead atoms. The number of rotatable bonds is 7. The zero-order valence-corrected chi connectivity index (χ0v) is 15.7. The van der Waals surface area contributed by atoms with Crippen LogP contribution < -0.4 is 15.0 Å². The van der Waals surface area contributed by atoms with Crippen molar-refractivity contribution in [1.29, 1.82) is 0 Å². The first-order valence-corrected chi connectivity index (χ1v) is 9.56. The monoisotopic (exact) mass is 415 g/mol. The molecule has 0 spiro atoms. The summed E-state index contributed by atoms with van der Waals surface area (Å²) in [5.74, 6) is 0.280. The summed E-state index contributed by atoms with van der Waals surface area (Å²) in [4.78, 5) is 15.9. The van der Waals surface area contributed by atoms with E-state index in [-0.39, 0.29) is 29.3 Å². The van der Waals surface area contributed by atoms with E-state index in [9.17, 15) is 13.2 Å². The quantitative estimate of drug-likeness (QED) is 0.742. The normalized spacial score (nSPS) is 11.5. The van der Waals surface area contributed by atoms with Crippen molar-refractivity contribution < 1.29 is 13.2 Å². The van der Waals surface area contributed by atoms with E-state index >= 15 is 0 Å². The molecule has 130 valence electrons. The van der Waals surface area contributed by atoms with Crippen LogP contribution in [0.2, 0.25) is 0 Å². The van der Waals surface area contributed by atoms with E-state index < -0.39 is 10.0 Å². The summed E-state index contributed by atoms with van der Waals surface area (Å²) in [6, 6.07) is 4.78. The van der Waals surface area contributed by atoms with E-state index in [1.807, 2.05) is 0 Å². The van der Waals surface area contributed by atoms with Gasteiger partial charge in [0.1, 0.15) is 10.6 Å². The molecule has 0 fully saturated rings. The molecule has 2 rings (SSSR count). The zero-order chi connectivity index (χ0) is 17.7. The van der Waals surface area contributed by atoms with Crippen molar-refractivity contribution in [2.45, 2.75) is 25.3 Å². The lowest BCUT2D eigenvalue weighted by atomic mass is 10.3. The Kier molecular flexibility index (Phi) is 6.14. The van der Waals surface area contributed by atoms with Crippen LogP contribution in [0.25, 0.3) is 0 Å². The van der Waals surface area contributed by atoms with Gasteiger partial charge in [-0.1, -0.05) is 15.9 Å². The standard InChI is InChI=1S/C15H18BrN3O4S/c1-3-23-13-5-4-12(16)8-14(13)24(21,22)18-6-7-19-10-17-9-11(2)15(19)20/h4-5,8-10,18H,3,6-7H2,1-2H3. The number of halogens is 1. The molecule has 1 aromatic carbocycles. The first kappa shape index (κ1) is 18.6. The molecule has 0 amide bonds. The summed E-state index contributed by atoms with van der Waals surface area (Å²) in [6.07, 6.45) is 2.85. The highest BCUT2D eigenvalue weighted by Gasteiger charge is 2.19. The highest BCUT2D eigenvalue weighted by molar-refractivity contribution is 9.10. The van der Waals surface area contributed by atoms with Gasteiger partial charge in [0.25, 0.3) is 5.56 Å². The predicted octanol–water partition coefficient (Wildman–Crippen LogP) is 1.69. The lowest BCUT2D eigenvalue weighted by Gasteiger charge is -2.13. The molecule has 9 heteroatoms. The van der Waals surface area contributed by atoms with Gasteiger partial charge in [0.05, 0.1) is 12.9 Å². The van der Waals surface area contributed by atoms with Crippen LogP contribution in [0.3, 0.4) is 0 Å². The number of ether oxygens (including phenoxy) is 1. The first-order valence-electron chi connectivity index (χ1n) is 7.28. The third kappa shape index (κ3) is 4.43. The molecule has 2 aromatic rings. The van der Waals surface area contributed by atoms with E-state index in [0.29, 0.717) is 16.6 Å². The lowest BCUT2D eigenvalue weighted by Crippen LogP contribution is -2.31. The highest BCUT2D eigenvalue weighted by atomic mass is 79.9. The van der Waals surface area contributed by atoms with Crippen molar-refractivity contribution in [2.24, 2.45) is 0 Å². The summed E-state index contributed by atoms with van der Waals surface area (Å²) in [7, 11) is -3.77. The fraction of sp³-hybridized carbons (Fsp3) is 0.333. The Bertz CT molecular complexity index is 881. The molecule has 1 heterocycles. The SMILES string of the molecule is CCOc1ccc(Br)cc1S(=O)(=O)NCCn1cncc(C)c1=O. The number of benzene rings is 1. The first-order chi connectivity index (χ1) is 11.3. The zero-order valence-electron chi connectivity index (χ0n) is 13.3. The Hall–Kier alpha value is -1.71. The van der Waals surface area contributed by atoms with Crippen LogP contribution in [0.15, 0.2) is 44.9 Å². The molecular formula is C15H18BrN3O4S. The van der Waals surface area contributed by atoms with E-state index in [1.54, 1.807) is 26.0 Å². The number of hydrogen-bond donors (Lipinski definition) is 1. The molecule has 0 aliphatic heterocycles. The van der Waals surface area contributed by atoms with Gasteiger partial charge in [0.2, 0.25) is 10.0 Å². The molecule has 24 heavy (non-hydrogen) atoms. The number of aryl methyl sites for hydroxylation is 1. The molecule has 0 unspecified atom stereocenters. The minimum absolute atomic E-state index is 0.0495. The Balaban J connectivity index is 2.16. The highest BCUT2D eigenvalue weighted by Crippen LogP contribution is 2.27. The molecular weight excluding hydrogens is 398 g/mol. The van der Waals surface area contributed by atoms with Crippen molar-refractivity contribution in [1.82, 2.24) is 14.3 Å². The molecule has 0 atom stereocenters. The average molecular weight is 416 g/mol. The Morgan fingerprint density at radius 3 is 2.83 bits per heavy atom. The van der Waals surface area contributed by atoms with Crippen molar-refractivity contribution in [3.63, 3.8) is 0 Å². The predicted molar refractivity (Wildman–Crippen MR) is 93.7 cm³/mol. The molecule has 1 N–H and O–H groups in total. The van der Waals surface area contributed by atoms with Gasteiger partial charge in [-0.15, -0.1) is 0 Å². The number of aromatic nitrogens is 2. The number of hydrogen-bond acceptors (Lipinski definition) is 5.